The van der Waals surface area contributed by atoms with Crippen molar-refractivity contribution in [1.29, 1.82) is 0 Å². The summed E-state index contributed by atoms with van der Waals surface area (Å²) in [7, 11) is 1.82. The molecule has 1 aliphatic rings. The summed E-state index contributed by atoms with van der Waals surface area (Å²) in [6.45, 7) is 7.80. The van der Waals surface area contributed by atoms with Crippen molar-refractivity contribution in [2.24, 2.45) is 5.41 Å². The van der Waals surface area contributed by atoms with Crippen LogP contribution in [0.4, 0.5) is 0 Å². The second-order valence-electron chi connectivity index (χ2n) is 5.49. The molecule has 1 fully saturated rings. The molecular formula is C13H27NO. The highest BCUT2D eigenvalue weighted by Crippen LogP contribution is 2.41. The lowest BCUT2D eigenvalue weighted by molar-refractivity contribution is 0.0642. The van der Waals surface area contributed by atoms with Crippen LogP contribution >= 0.6 is 0 Å². The topological polar surface area (TPSA) is 21.3 Å². The zero-order valence-electron chi connectivity index (χ0n) is 10.8. The fourth-order valence-corrected chi connectivity index (χ4v) is 2.69. The Morgan fingerprint density at radius 1 is 1.20 bits per heavy atom. The Balaban J connectivity index is 2.46. The third kappa shape index (κ3) is 4.12. The van der Waals surface area contributed by atoms with Gasteiger partial charge >= 0.3 is 0 Å². The summed E-state index contributed by atoms with van der Waals surface area (Å²) >= 11 is 0. The summed E-state index contributed by atoms with van der Waals surface area (Å²) < 4.78 is 5.42. The molecule has 2 heteroatoms. The predicted molar refractivity (Wildman–Crippen MR) is 65.1 cm³/mol. The second-order valence-corrected chi connectivity index (χ2v) is 5.49. The van der Waals surface area contributed by atoms with E-state index < -0.39 is 0 Å². The van der Waals surface area contributed by atoms with Gasteiger partial charge in [-0.05, 0) is 31.6 Å². The maximum absolute atomic E-state index is 5.42. The van der Waals surface area contributed by atoms with Crippen LogP contribution in [0.2, 0.25) is 0 Å². The standard InChI is InChI=1S/C13H27NO/c1-11(2)14-10-13(7-5-6-8-13)9-12(3)15-4/h11-12,14H,5-10H2,1-4H3. The van der Waals surface area contributed by atoms with E-state index in [4.69, 9.17) is 4.74 Å². The summed E-state index contributed by atoms with van der Waals surface area (Å²) in [4.78, 5) is 0. The summed E-state index contributed by atoms with van der Waals surface area (Å²) in [6.07, 6.45) is 7.16. The molecule has 0 aliphatic heterocycles. The molecule has 0 heterocycles. The van der Waals surface area contributed by atoms with Gasteiger partial charge in [0, 0.05) is 19.7 Å². The fourth-order valence-electron chi connectivity index (χ4n) is 2.69. The molecular weight excluding hydrogens is 186 g/mol. The van der Waals surface area contributed by atoms with E-state index in [0.717, 1.165) is 0 Å². The predicted octanol–water partition coefficient (Wildman–Crippen LogP) is 2.97. The lowest BCUT2D eigenvalue weighted by Crippen LogP contribution is -2.38. The second kappa shape index (κ2) is 5.86. The number of nitrogens with one attached hydrogen (secondary N) is 1. The normalized spacial score (nSPS) is 22.2. The van der Waals surface area contributed by atoms with Gasteiger partial charge in [0.25, 0.3) is 0 Å². The molecule has 0 aromatic carbocycles. The van der Waals surface area contributed by atoms with Crippen LogP contribution in [0.1, 0.15) is 52.9 Å². The highest BCUT2D eigenvalue weighted by Gasteiger charge is 2.34. The van der Waals surface area contributed by atoms with Gasteiger partial charge in [0.2, 0.25) is 0 Å². The van der Waals surface area contributed by atoms with E-state index in [0.29, 0.717) is 17.6 Å². The van der Waals surface area contributed by atoms with Crippen molar-refractivity contribution in [3.8, 4) is 0 Å². The van der Waals surface area contributed by atoms with E-state index >= 15 is 0 Å². The van der Waals surface area contributed by atoms with E-state index in [-0.39, 0.29) is 0 Å². The molecule has 0 spiro atoms. The molecule has 0 aromatic rings. The highest BCUT2D eigenvalue weighted by atomic mass is 16.5. The van der Waals surface area contributed by atoms with E-state index in [9.17, 15) is 0 Å². The van der Waals surface area contributed by atoms with Gasteiger partial charge in [-0.15, -0.1) is 0 Å². The Hall–Kier alpha value is -0.0800. The smallest absolute Gasteiger partial charge is 0.0549 e. The summed E-state index contributed by atoms with van der Waals surface area (Å²) in [6, 6.07) is 0.598. The van der Waals surface area contributed by atoms with E-state index in [2.05, 4.69) is 26.1 Å². The molecule has 1 atom stereocenters. The molecule has 1 rings (SSSR count). The SMILES string of the molecule is COC(C)CC1(CNC(C)C)CCCC1. The number of hydrogen-bond acceptors (Lipinski definition) is 2. The van der Waals surface area contributed by atoms with Crippen molar-refractivity contribution in [1.82, 2.24) is 5.32 Å². The van der Waals surface area contributed by atoms with Gasteiger partial charge in [-0.1, -0.05) is 26.7 Å². The summed E-state index contributed by atoms with van der Waals surface area (Å²) in [5.74, 6) is 0. The molecule has 1 unspecified atom stereocenters. The van der Waals surface area contributed by atoms with Crippen molar-refractivity contribution >= 4 is 0 Å². The van der Waals surface area contributed by atoms with Gasteiger partial charge in [0.1, 0.15) is 0 Å². The third-order valence-electron chi connectivity index (χ3n) is 3.67. The first-order valence-electron chi connectivity index (χ1n) is 6.34. The number of rotatable bonds is 6. The van der Waals surface area contributed by atoms with Crippen LogP contribution in [-0.2, 0) is 4.74 Å². The lowest BCUT2D eigenvalue weighted by atomic mass is 9.80. The minimum atomic E-state index is 0.400. The van der Waals surface area contributed by atoms with Crippen molar-refractivity contribution in [3.05, 3.63) is 0 Å². The molecule has 1 saturated carbocycles. The molecule has 0 amide bonds. The van der Waals surface area contributed by atoms with Gasteiger partial charge in [0.15, 0.2) is 0 Å². The zero-order valence-corrected chi connectivity index (χ0v) is 10.8. The first kappa shape index (κ1) is 13.0. The van der Waals surface area contributed by atoms with Crippen LogP contribution in [0.15, 0.2) is 0 Å². The van der Waals surface area contributed by atoms with Crippen molar-refractivity contribution in [2.75, 3.05) is 13.7 Å². The van der Waals surface area contributed by atoms with E-state index in [1.807, 2.05) is 7.11 Å². The minimum absolute atomic E-state index is 0.400. The maximum Gasteiger partial charge on any atom is 0.0549 e. The Morgan fingerprint density at radius 3 is 2.27 bits per heavy atom. The average Bonchev–Trinajstić information content (AvgIpc) is 2.64. The minimum Gasteiger partial charge on any atom is -0.382 e. The largest absolute Gasteiger partial charge is 0.382 e. The third-order valence-corrected chi connectivity index (χ3v) is 3.67. The molecule has 15 heavy (non-hydrogen) atoms. The first-order valence-corrected chi connectivity index (χ1v) is 6.34. The Labute approximate surface area is 94.8 Å². The number of ether oxygens (including phenoxy) is 1. The molecule has 1 aliphatic carbocycles. The van der Waals surface area contributed by atoms with Gasteiger partial charge in [-0.2, -0.15) is 0 Å². The average molecular weight is 213 g/mol. The molecule has 0 saturated heterocycles. The quantitative estimate of drug-likeness (QED) is 0.732. The molecule has 0 aromatic heterocycles. The van der Waals surface area contributed by atoms with Crippen molar-refractivity contribution in [3.63, 3.8) is 0 Å². The van der Waals surface area contributed by atoms with Crippen LogP contribution < -0.4 is 5.32 Å². The van der Waals surface area contributed by atoms with Gasteiger partial charge in [0.05, 0.1) is 6.10 Å². The molecule has 2 nitrogen and oxygen atoms in total. The summed E-state index contributed by atoms with van der Waals surface area (Å²) in [5.41, 5.74) is 0.514. The fraction of sp³-hybridized carbons (Fsp3) is 1.00. The van der Waals surface area contributed by atoms with Crippen LogP contribution in [-0.4, -0.2) is 25.8 Å². The van der Waals surface area contributed by atoms with Crippen LogP contribution in [0.25, 0.3) is 0 Å². The van der Waals surface area contributed by atoms with Crippen molar-refractivity contribution < 1.29 is 4.74 Å². The Morgan fingerprint density at radius 2 is 1.80 bits per heavy atom. The van der Waals surface area contributed by atoms with Crippen LogP contribution in [0.5, 0.6) is 0 Å². The lowest BCUT2D eigenvalue weighted by Gasteiger charge is -2.32. The van der Waals surface area contributed by atoms with Gasteiger partial charge < -0.3 is 10.1 Å². The molecule has 90 valence electrons. The molecule has 1 N–H and O–H groups in total. The number of hydrogen-bond donors (Lipinski definition) is 1. The Bertz CT molecular complexity index is 173. The maximum atomic E-state index is 5.42. The van der Waals surface area contributed by atoms with Gasteiger partial charge in [-0.25, -0.2) is 0 Å². The molecule has 0 radical (unpaired) electrons. The highest BCUT2D eigenvalue weighted by molar-refractivity contribution is 4.88. The summed E-state index contributed by atoms with van der Waals surface area (Å²) in [5, 5.41) is 3.60. The van der Waals surface area contributed by atoms with Crippen LogP contribution in [0.3, 0.4) is 0 Å². The zero-order chi connectivity index (χ0) is 11.3. The monoisotopic (exact) mass is 213 g/mol. The van der Waals surface area contributed by atoms with Gasteiger partial charge in [-0.3, -0.25) is 0 Å². The van der Waals surface area contributed by atoms with E-state index in [1.54, 1.807) is 0 Å². The Kier molecular flexibility index (Phi) is 5.07. The first-order chi connectivity index (χ1) is 7.08. The number of methoxy groups -OCH3 is 1. The van der Waals surface area contributed by atoms with Crippen LogP contribution in [0, 0.1) is 5.41 Å². The van der Waals surface area contributed by atoms with E-state index in [1.165, 1.54) is 38.6 Å². The molecule has 0 bridgehead atoms. The van der Waals surface area contributed by atoms with Crippen molar-refractivity contribution in [2.45, 2.75) is 65.0 Å².